The lowest BCUT2D eigenvalue weighted by molar-refractivity contribution is 0.463. The first-order valence-corrected chi connectivity index (χ1v) is 5.78. The Kier molecular flexibility index (Phi) is 3.15. The van der Waals surface area contributed by atoms with Crippen molar-refractivity contribution in [1.29, 1.82) is 0 Å². The summed E-state index contributed by atoms with van der Waals surface area (Å²) in [7, 11) is 0. The molecule has 0 unspecified atom stereocenters. The molecule has 0 saturated heterocycles. The van der Waals surface area contributed by atoms with E-state index in [0.717, 1.165) is 35.7 Å². The summed E-state index contributed by atoms with van der Waals surface area (Å²) < 4.78 is 0. The van der Waals surface area contributed by atoms with Gasteiger partial charge in [-0.25, -0.2) is 0 Å². The summed E-state index contributed by atoms with van der Waals surface area (Å²) >= 11 is 0. The average molecular weight is 218 g/mol. The second-order valence-electron chi connectivity index (χ2n) is 4.19. The van der Waals surface area contributed by atoms with Crippen LogP contribution in [0.5, 0.6) is 5.75 Å². The van der Waals surface area contributed by atoms with Crippen LogP contribution >= 0.6 is 0 Å². The molecule has 0 fully saturated rings. The Morgan fingerprint density at radius 3 is 2.94 bits per heavy atom. The molecule has 4 N–H and O–H groups in total. The highest BCUT2D eigenvalue weighted by Gasteiger charge is 2.13. The molecule has 0 saturated carbocycles. The molecule has 0 aliphatic carbocycles. The molecule has 16 heavy (non-hydrogen) atoms. The highest BCUT2D eigenvalue weighted by atomic mass is 16.3. The minimum absolute atomic E-state index is 0.0701. The maximum Gasteiger partial charge on any atom is 0.129 e. The Labute approximate surface area is 95.3 Å². The largest absolute Gasteiger partial charge is 0.507 e. The van der Waals surface area contributed by atoms with E-state index in [-0.39, 0.29) is 6.04 Å². The van der Waals surface area contributed by atoms with E-state index in [0.29, 0.717) is 5.75 Å². The molecule has 2 rings (SSSR count). The summed E-state index contributed by atoms with van der Waals surface area (Å²) in [5.74, 6) is 0.322. The first kappa shape index (κ1) is 11.0. The molecule has 2 aromatic rings. The standard InChI is InChI=1S/C13H18N2O/c1-2-3-4-11(14)9-5-6-12-10(13(9)16)7-8-15-12/h5-8,11,15-16H,2-4,14H2,1H3/t11-/m0/s1. The number of phenolic OH excluding ortho intramolecular Hbond substituents is 1. The van der Waals surface area contributed by atoms with Crippen LogP contribution in [-0.2, 0) is 0 Å². The summed E-state index contributed by atoms with van der Waals surface area (Å²) in [4.78, 5) is 3.07. The van der Waals surface area contributed by atoms with E-state index in [1.54, 1.807) is 0 Å². The topological polar surface area (TPSA) is 62.0 Å². The first-order chi connectivity index (χ1) is 7.74. The van der Waals surface area contributed by atoms with E-state index < -0.39 is 0 Å². The van der Waals surface area contributed by atoms with Gasteiger partial charge < -0.3 is 15.8 Å². The molecular formula is C13H18N2O. The van der Waals surface area contributed by atoms with E-state index in [1.165, 1.54) is 0 Å². The van der Waals surface area contributed by atoms with Gasteiger partial charge in [0.1, 0.15) is 5.75 Å². The fourth-order valence-corrected chi connectivity index (χ4v) is 2.01. The van der Waals surface area contributed by atoms with Crippen molar-refractivity contribution in [3.8, 4) is 5.75 Å². The first-order valence-electron chi connectivity index (χ1n) is 5.78. The Morgan fingerprint density at radius 1 is 1.38 bits per heavy atom. The average Bonchev–Trinajstić information content (AvgIpc) is 2.75. The number of aromatic hydroxyl groups is 1. The third-order valence-electron chi connectivity index (χ3n) is 3.01. The molecule has 86 valence electrons. The van der Waals surface area contributed by atoms with E-state index in [2.05, 4.69) is 11.9 Å². The van der Waals surface area contributed by atoms with Crippen molar-refractivity contribution in [2.24, 2.45) is 5.73 Å². The Hall–Kier alpha value is -1.48. The number of hydrogen-bond acceptors (Lipinski definition) is 2. The minimum Gasteiger partial charge on any atom is -0.507 e. The van der Waals surface area contributed by atoms with Crippen molar-refractivity contribution in [3.63, 3.8) is 0 Å². The van der Waals surface area contributed by atoms with E-state index >= 15 is 0 Å². The van der Waals surface area contributed by atoms with Gasteiger partial charge in [-0.15, -0.1) is 0 Å². The Morgan fingerprint density at radius 2 is 2.19 bits per heavy atom. The van der Waals surface area contributed by atoms with Gasteiger partial charge in [-0.2, -0.15) is 0 Å². The lowest BCUT2D eigenvalue weighted by Gasteiger charge is -2.13. The number of hydrogen-bond donors (Lipinski definition) is 3. The summed E-state index contributed by atoms with van der Waals surface area (Å²) in [6, 6.07) is 5.69. The van der Waals surface area contributed by atoms with Crippen molar-refractivity contribution in [2.45, 2.75) is 32.2 Å². The van der Waals surface area contributed by atoms with E-state index in [1.807, 2.05) is 24.4 Å². The number of fused-ring (bicyclic) bond motifs is 1. The van der Waals surface area contributed by atoms with Crippen LogP contribution in [0.4, 0.5) is 0 Å². The fraction of sp³-hybridized carbons (Fsp3) is 0.385. The number of aromatic nitrogens is 1. The smallest absolute Gasteiger partial charge is 0.129 e. The quantitative estimate of drug-likeness (QED) is 0.738. The number of benzene rings is 1. The molecule has 1 atom stereocenters. The van der Waals surface area contributed by atoms with Crippen LogP contribution in [0, 0.1) is 0 Å². The molecule has 0 aliphatic heterocycles. The number of nitrogens with one attached hydrogen (secondary N) is 1. The summed E-state index contributed by atoms with van der Waals surface area (Å²) in [5.41, 5.74) is 7.87. The predicted octanol–water partition coefficient (Wildman–Crippen LogP) is 3.06. The van der Waals surface area contributed by atoms with E-state index in [9.17, 15) is 5.11 Å². The molecule has 0 radical (unpaired) electrons. The summed E-state index contributed by atoms with van der Waals surface area (Å²) in [5, 5.41) is 11.0. The molecule has 0 spiro atoms. The normalized spacial score (nSPS) is 13.1. The van der Waals surface area contributed by atoms with Gasteiger partial charge in [0.25, 0.3) is 0 Å². The van der Waals surface area contributed by atoms with Crippen molar-refractivity contribution < 1.29 is 5.11 Å². The zero-order valence-corrected chi connectivity index (χ0v) is 9.53. The van der Waals surface area contributed by atoms with Gasteiger partial charge in [0.2, 0.25) is 0 Å². The maximum absolute atomic E-state index is 10.1. The predicted molar refractivity (Wildman–Crippen MR) is 66.4 cm³/mol. The van der Waals surface area contributed by atoms with Crippen molar-refractivity contribution in [2.75, 3.05) is 0 Å². The van der Waals surface area contributed by atoms with Gasteiger partial charge in [-0.3, -0.25) is 0 Å². The molecule has 1 aromatic heterocycles. The van der Waals surface area contributed by atoms with Gasteiger partial charge >= 0.3 is 0 Å². The van der Waals surface area contributed by atoms with E-state index in [4.69, 9.17) is 5.73 Å². The summed E-state index contributed by atoms with van der Waals surface area (Å²) in [6.07, 6.45) is 4.96. The Balaban J connectivity index is 2.33. The Bertz CT molecular complexity index is 476. The van der Waals surface area contributed by atoms with Gasteiger partial charge in [-0.05, 0) is 18.6 Å². The highest BCUT2D eigenvalue weighted by Crippen LogP contribution is 2.32. The van der Waals surface area contributed by atoms with Crippen molar-refractivity contribution in [1.82, 2.24) is 4.98 Å². The molecule has 0 amide bonds. The van der Waals surface area contributed by atoms with Crippen molar-refractivity contribution >= 4 is 10.9 Å². The summed E-state index contributed by atoms with van der Waals surface area (Å²) in [6.45, 7) is 2.14. The second-order valence-corrected chi connectivity index (χ2v) is 4.19. The number of rotatable bonds is 4. The molecule has 3 nitrogen and oxygen atoms in total. The molecule has 0 aliphatic rings. The van der Waals surface area contributed by atoms with Gasteiger partial charge in [-0.1, -0.05) is 25.8 Å². The van der Waals surface area contributed by atoms with Crippen molar-refractivity contribution in [3.05, 3.63) is 30.0 Å². The number of phenols is 1. The van der Waals surface area contributed by atoms with Crippen LogP contribution in [0.1, 0.15) is 37.8 Å². The molecular weight excluding hydrogens is 200 g/mol. The lowest BCUT2D eigenvalue weighted by atomic mass is 9.99. The number of aromatic amines is 1. The maximum atomic E-state index is 10.1. The van der Waals surface area contributed by atoms with Gasteiger partial charge in [0.15, 0.2) is 0 Å². The molecule has 1 heterocycles. The molecule has 0 bridgehead atoms. The van der Waals surface area contributed by atoms with Crippen LogP contribution in [0.2, 0.25) is 0 Å². The minimum atomic E-state index is -0.0701. The SMILES string of the molecule is CCCC[C@H](N)c1ccc2[nH]ccc2c1O. The number of nitrogens with two attached hydrogens (primary N) is 1. The van der Waals surface area contributed by atoms with Crippen LogP contribution in [-0.4, -0.2) is 10.1 Å². The monoisotopic (exact) mass is 218 g/mol. The molecule has 3 heteroatoms. The van der Waals surface area contributed by atoms with Gasteiger partial charge in [0.05, 0.1) is 0 Å². The van der Waals surface area contributed by atoms with Crippen LogP contribution in [0.3, 0.4) is 0 Å². The number of H-pyrrole nitrogens is 1. The second kappa shape index (κ2) is 4.58. The fourth-order valence-electron chi connectivity index (χ4n) is 2.01. The third-order valence-corrected chi connectivity index (χ3v) is 3.01. The number of unbranched alkanes of at least 4 members (excludes halogenated alkanes) is 1. The molecule has 1 aromatic carbocycles. The zero-order valence-electron chi connectivity index (χ0n) is 9.53. The zero-order chi connectivity index (χ0) is 11.5. The van der Waals surface area contributed by atoms with Crippen LogP contribution < -0.4 is 5.73 Å². The van der Waals surface area contributed by atoms with Gasteiger partial charge in [0, 0.05) is 28.7 Å². The third kappa shape index (κ3) is 1.91. The van der Waals surface area contributed by atoms with Crippen LogP contribution in [0.25, 0.3) is 10.9 Å². The highest BCUT2D eigenvalue weighted by molar-refractivity contribution is 5.87. The van der Waals surface area contributed by atoms with Crippen LogP contribution in [0.15, 0.2) is 24.4 Å². The lowest BCUT2D eigenvalue weighted by Crippen LogP contribution is -2.10.